The van der Waals surface area contributed by atoms with Crippen molar-refractivity contribution in [1.29, 1.82) is 0 Å². The molecule has 0 spiro atoms. The standard InChI is InChI=1S/C30H43O2P.Au.ClH/c1-22(2)31-27-19-13-20-28(32-23(3)4)30(27)26-18-11-12-21-29(26)33(24-14-7-5-8-15-24)25-16-9-6-10-17-25;;/h11-13,18-25H,5-10,14-17H2,1-4H3;;1H/q;+1;. The molecule has 0 amide bonds. The molecule has 2 aromatic carbocycles. The monoisotopic (exact) mass is 699 g/mol. The topological polar surface area (TPSA) is 18.5 Å². The summed E-state index contributed by atoms with van der Waals surface area (Å²) in [6.45, 7) is 8.46. The quantitative estimate of drug-likeness (QED) is 0.202. The maximum atomic E-state index is 6.38. The second-order valence-electron chi connectivity index (χ2n) is 10.6. The molecule has 0 heterocycles. The first kappa shape index (κ1) is 29.1. The number of halogens is 1. The van der Waals surface area contributed by atoms with Gasteiger partial charge in [-0.05, 0) is 97.3 Å². The molecule has 2 aliphatic carbocycles. The fourth-order valence-corrected chi connectivity index (χ4v) is 10.4. The molecule has 0 atom stereocenters. The van der Waals surface area contributed by atoms with Crippen molar-refractivity contribution in [1.82, 2.24) is 0 Å². The second-order valence-corrected chi connectivity index (χ2v) is 13.7. The number of rotatable bonds is 8. The summed E-state index contributed by atoms with van der Waals surface area (Å²) in [6, 6.07) is 15.7. The molecule has 198 valence electrons. The molecule has 0 bridgehead atoms. The molecule has 4 rings (SSSR count). The van der Waals surface area contributed by atoms with Crippen molar-refractivity contribution >= 4 is 22.4 Å². The van der Waals surface area contributed by atoms with Crippen LogP contribution in [0, 0.1) is 0 Å². The van der Waals surface area contributed by atoms with Gasteiger partial charge in [0.05, 0.1) is 29.1 Å². The number of ether oxygens (including phenoxy) is 2. The summed E-state index contributed by atoms with van der Waals surface area (Å²) in [7, 11) is 3.88. The zero-order chi connectivity index (χ0) is 25.2. The second kappa shape index (κ2) is 15.0. The van der Waals surface area contributed by atoms with Crippen LogP contribution in [0.4, 0.5) is 0 Å². The van der Waals surface area contributed by atoms with E-state index in [1.807, 2.05) is 0 Å². The summed E-state index contributed by atoms with van der Waals surface area (Å²) in [5.74, 6) is 1.92. The van der Waals surface area contributed by atoms with E-state index in [0.29, 0.717) is 0 Å². The Bertz CT molecular complexity index is 845. The Balaban J connectivity index is 0.00000167. The molecule has 0 unspecified atom stereocenters. The Morgan fingerprint density at radius 1 is 0.686 bits per heavy atom. The van der Waals surface area contributed by atoms with Crippen molar-refractivity contribution in [3.8, 4) is 22.6 Å². The van der Waals surface area contributed by atoms with Gasteiger partial charge >= 0.3 is 29.2 Å². The minimum atomic E-state index is -0.700. The van der Waals surface area contributed by atoms with E-state index in [2.05, 4.69) is 79.3 Å². The first-order valence-electron chi connectivity index (χ1n) is 13.6. The van der Waals surface area contributed by atoms with Gasteiger partial charge < -0.3 is 9.47 Å². The third-order valence-corrected chi connectivity index (χ3v) is 11.3. The van der Waals surface area contributed by atoms with Crippen LogP contribution < -0.4 is 14.8 Å². The third kappa shape index (κ3) is 7.99. The van der Waals surface area contributed by atoms with E-state index in [4.69, 9.17) is 9.47 Å². The first-order valence-corrected chi connectivity index (χ1v) is 17.9. The van der Waals surface area contributed by atoms with Crippen LogP contribution in [0.25, 0.3) is 11.1 Å². The van der Waals surface area contributed by atoms with Gasteiger partial charge in [-0.25, -0.2) is 0 Å². The Labute approximate surface area is 231 Å². The maximum absolute atomic E-state index is 6.38. The normalized spacial score (nSPS) is 17.4. The summed E-state index contributed by atoms with van der Waals surface area (Å²) in [5, 5.41) is 1.63. The summed E-state index contributed by atoms with van der Waals surface area (Å²) in [5.41, 5.74) is 4.35. The van der Waals surface area contributed by atoms with Gasteiger partial charge in [-0.2, -0.15) is 0 Å². The van der Waals surface area contributed by atoms with Gasteiger partial charge in [-0.15, -0.1) is 0 Å². The van der Waals surface area contributed by atoms with E-state index in [0.717, 1.165) is 22.8 Å². The van der Waals surface area contributed by atoms with Crippen LogP contribution in [0.1, 0.15) is 91.9 Å². The molecule has 35 heavy (non-hydrogen) atoms. The molecule has 2 nitrogen and oxygen atoms in total. The Hall–Kier alpha value is -0.500. The van der Waals surface area contributed by atoms with Crippen LogP contribution in [-0.4, -0.2) is 23.5 Å². The number of hydrogen-bond acceptors (Lipinski definition) is 2. The minimum absolute atomic E-state index is 0.131. The van der Waals surface area contributed by atoms with E-state index < -0.39 is 7.92 Å². The van der Waals surface area contributed by atoms with E-state index in [9.17, 15) is 0 Å². The first-order chi connectivity index (χ1) is 17.0. The van der Waals surface area contributed by atoms with Crippen LogP contribution >= 0.6 is 17.1 Å². The van der Waals surface area contributed by atoms with Crippen LogP contribution in [-0.2, 0) is 20.0 Å². The van der Waals surface area contributed by atoms with Gasteiger partial charge in [0, 0.05) is 13.5 Å². The fraction of sp³-hybridized carbons (Fsp3) is 0.600. The van der Waals surface area contributed by atoms with Gasteiger partial charge in [-0.1, -0.05) is 37.1 Å². The van der Waals surface area contributed by atoms with Crippen molar-refractivity contribution in [2.45, 2.75) is 115 Å². The zero-order valence-corrected chi connectivity index (χ0v) is 25.8. The van der Waals surface area contributed by atoms with E-state index in [-0.39, 0.29) is 12.2 Å². The van der Waals surface area contributed by atoms with Crippen LogP contribution in [0.3, 0.4) is 0 Å². The Kier molecular flexibility index (Phi) is 12.5. The number of hydrogen-bond donors (Lipinski definition) is 0. The Morgan fingerprint density at radius 3 is 1.60 bits per heavy atom. The molecule has 2 saturated carbocycles. The SMILES string of the molecule is CC(C)Oc1cccc(OC(C)C)c1-c1ccccc1[PH+](C1CCCCC1)C1CCCCC1.[Cl][Au]. The van der Waals surface area contributed by atoms with Gasteiger partial charge in [-0.3, -0.25) is 0 Å². The van der Waals surface area contributed by atoms with E-state index >= 15 is 0 Å². The molecule has 0 saturated heterocycles. The summed E-state index contributed by atoms with van der Waals surface area (Å²) in [6.07, 6.45) is 14.5. The van der Waals surface area contributed by atoms with Crippen molar-refractivity contribution in [2.75, 3.05) is 0 Å². The van der Waals surface area contributed by atoms with Crippen LogP contribution in [0.15, 0.2) is 42.5 Å². The van der Waals surface area contributed by atoms with Crippen molar-refractivity contribution in [2.24, 2.45) is 0 Å². The molecule has 5 heteroatoms. The average Bonchev–Trinajstić information content (AvgIpc) is 2.87. The number of benzene rings is 2. The van der Waals surface area contributed by atoms with Crippen molar-refractivity contribution < 1.29 is 29.5 Å². The average molecular weight is 700 g/mol. The van der Waals surface area contributed by atoms with Gasteiger partial charge in [0.15, 0.2) is 0 Å². The van der Waals surface area contributed by atoms with E-state index in [1.54, 1.807) is 25.3 Å². The Morgan fingerprint density at radius 2 is 1.14 bits per heavy atom. The zero-order valence-electron chi connectivity index (χ0n) is 21.9. The van der Waals surface area contributed by atoms with Crippen LogP contribution in [0.2, 0.25) is 0 Å². The van der Waals surface area contributed by atoms with E-state index in [1.165, 1.54) is 75.3 Å². The summed E-state index contributed by atoms with van der Waals surface area (Å²) < 4.78 is 12.8. The molecular weight excluding hydrogens is 656 g/mol. The fourth-order valence-electron chi connectivity index (χ4n) is 6.03. The molecule has 2 fully saturated rings. The van der Waals surface area contributed by atoms with Crippen molar-refractivity contribution in [3.05, 3.63) is 42.5 Å². The molecule has 0 aromatic heterocycles. The van der Waals surface area contributed by atoms with Crippen molar-refractivity contribution in [3.63, 3.8) is 0 Å². The summed E-state index contributed by atoms with van der Waals surface area (Å²) >= 11 is 1.75. The predicted octanol–water partition coefficient (Wildman–Crippen LogP) is 9.12. The van der Waals surface area contributed by atoms with Gasteiger partial charge in [0.2, 0.25) is 0 Å². The van der Waals surface area contributed by atoms with Crippen LogP contribution in [0.5, 0.6) is 11.5 Å². The molecule has 0 aliphatic heterocycles. The predicted molar refractivity (Wildman–Crippen MR) is 151 cm³/mol. The molecule has 0 N–H and O–H groups in total. The molecule has 0 radical (unpaired) electrons. The molecular formula is C30H44AuClO2P+. The summed E-state index contributed by atoms with van der Waals surface area (Å²) in [4.78, 5) is 0. The van der Waals surface area contributed by atoms with Gasteiger partial charge in [0.1, 0.15) is 16.8 Å². The van der Waals surface area contributed by atoms with Gasteiger partial charge in [0.25, 0.3) is 0 Å². The molecule has 2 aliphatic rings. The molecule has 2 aromatic rings. The third-order valence-electron chi connectivity index (χ3n) is 7.31.